The van der Waals surface area contributed by atoms with E-state index in [1.54, 1.807) is 6.92 Å². The molecule has 0 fully saturated rings. The number of ether oxygens (including phenoxy) is 1. The zero-order chi connectivity index (χ0) is 28.6. The molecule has 208 valence electrons. The van der Waals surface area contributed by atoms with Gasteiger partial charge in [0.1, 0.15) is 5.82 Å². The van der Waals surface area contributed by atoms with Crippen molar-refractivity contribution < 1.29 is 27.1 Å². The van der Waals surface area contributed by atoms with Gasteiger partial charge in [-0.2, -0.15) is 23.1 Å². The van der Waals surface area contributed by atoms with E-state index in [0.717, 1.165) is 28.8 Å². The van der Waals surface area contributed by atoms with Crippen molar-refractivity contribution in [3.8, 4) is 17.3 Å². The molecule has 38 heavy (non-hydrogen) atoms. The van der Waals surface area contributed by atoms with Crippen LogP contribution < -0.4 is 15.4 Å². The quantitative estimate of drug-likeness (QED) is 0.226. The van der Waals surface area contributed by atoms with Crippen LogP contribution in [0.2, 0.25) is 0 Å². The molecule has 0 aliphatic carbocycles. The van der Waals surface area contributed by atoms with Crippen LogP contribution in [0, 0.1) is 0 Å². The number of amides is 1. The Morgan fingerprint density at radius 1 is 1.18 bits per heavy atom. The summed E-state index contributed by atoms with van der Waals surface area (Å²) >= 11 is 0. The molecule has 2 N–H and O–H groups in total. The molecule has 1 heterocycles. The van der Waals surface area contributed by atoms with Crippen molar-refractivity contribution in [1.82, 2.24) is 15.3 Å². The third-order valence-electron chi connectivity index (χ3n) is 5.30. The molecule has 0 aliphatic rings. The van der Waals surface area contributed by atoms with Gasteiger partial charge in [0.2, 0.25) is 5.91 Å². The number of hydrogen-bond acceptors (Lipinski definition) is 5. The third kappa shape index (κ3) is 13.0. The summed E-state index contributed by atoms with van der Waals surface area (Å²) in [6.07, 6.45) is 0.308. The first-order valence-electron chi connectivity index (χ1n) is 12.2. The number of alkyl halides is 3. The van der Waals surface area contributed by atoms with Crippen LogP contribution in [-0.2, 0) is 11.2 Å². The molecule has 0 saturated carbocycles. The lowest BCUT2D eigenvalue weighted by molar-refractivity contribution is -0.126. The SMILES string of the molecule is C=C/C(=C\C)CC(F)(F)F.CC/C(=C/F)CCNc1cc(-c2cccc(CCNC(C)=O)c2)nc(OC)n1. The molecule has 0 unspecified atom stereocenters. The standard InChI is InChI=1S/C21H27FN4O2.C7H9F3/c1-4-16(14-22)8-11-24-20-13-19(25-21(26-20)28-3)18-7-5-6-17(12-18)9-10-23-15(2)27;1-3-6(4-2)5-7(8,9)10/h5-7,12-14H,4,8-11H2,1-3H3,(H,23,27)(H,24,25,26);3-4H,1,5H2,2H3/b16-14-;6-4+. The number of aromatic nitrogens is 2. The summed E-state index contributed by atoms with van der Waals surface area (Å²) in [6, 6.07) is 10.1. The maximum Gasteiger partial charge on any atom is 0.393 e. The molecular weight excluding hydrogens is 500 g/mol. The largest absolute Gasteiger partial charge is 0.467 e. The van der Waals surface area contributed by atoms with E-state index in [1.807, 2.05) is 37.3 Å². The molecule has 1 amide bonds. The van der Waals surface area contributed by atoms with E-state index < -0.39 is 12.6 Å². The maximum atomic E-state index is 12.7. The number of halogens is 4. The molecule has 6 nitrogen and oxygen atoms in total. The van der Waals surface area contributed by atoms with Gasteiger partial charge >= 0.3 is 12.2 Å². The first-order valence-corrected chi connectivity index (χ1v) is 12.2. The predicted molar refractivity (Wildman–Crippen MR) is 144 cm³/mol. The van der Waals surface area contributed by atoms with Crippen molar-refractivity contribution in [3.05, 3.63) is 72.1 Å². The van der Waals surface area contributed by atoms with Crippen LogP contribution in [0.1, 0.15) is 45.6 Å². The van der Waals surface area contributed by atoms with Gasteiger partial charge in [-0.25, -0.2) is 4.39 Å². The highest BCUT2D eigenvalue weighted by Gasteiger charge is 2.27. The minimum atomic E-state index is -4.12. The molecule has 10 heteroatoms. The van der Waals surface area contributed by atoms with Crippen LogP contribution in [0.15, 0.2) is 66.5 Å². The smallest absolute Gasteiger partial charge is 0.393 e. The van der Waals surface area contributed by atoms with E-state index in [9.17, 15) is 22.4 Å². The Hall–Kier alpha value is -3.69. The van der Waals surface area contributed by atoms with Crippen LogP contribution in [0.25, 0.3) is 11.3 Å². The number of nitrogens with one attached hydrogen (secondary N) is 2. The van der Waals surface area contributed by atoms with Gasteiger partial charge in [0, 0.05) is 31.6 Å². The average molecular weight is 537 g/mol. The Labute approximate surface area is 221 Å². The van der Waals surface area contributed by atoms with Gasteiger partial charge in [-0.15, -0.1) is 0 Å². The second-order valence-electron chi connectivity index (χ2n) is 8.22. The summed E-state index contributed by atoms with van der Waals surface area (Å²) < 4.78 is 52.7. The molecule has 1 aromatic heterocycles. The molecule has 0 aliphatic heterocycles. The fourth-order valence-corrected chi connectivity index (χ4v) is 3.21. The van der Waals surface area contributed by atoms with Crippen molar-refractivity contribution in [3.63, 3.8) is 0 Å². The Bertz CT molecular complexity index is 1100. The topological polar surface area (TPSA) is 76.1 Å². The van der Waals surface area contributed by atoms with E-state index in [1.165, 1.54) is 26.2 Å². The van der Waals surface area contributed by atoms with E-state index in [0.29, 0.717) is 38.1 Å². The van der Waals surface area contributed by atoms with Crippen molar-refractivity contribution >= 4 is 11.7 Å². The van der Waals surface area contributed by atoms with E-state index >= 15 is 0 Å². The first-order chi connectivity index (χ1) is 18.0. The number of rotatable bonds is 12. The number of methoxy groups -OCH3 is 1. The first kappa shape index (κ1) is 32.3. The number of nitrogens with zero attached hydrogens (tertiary/aromatic N) is 2. The molecule has 2 rings (SSSR count). The van der Waals surface area contributed by atoms with Crippen molar-refractivity contribution in [1.29, 1.82) is 0 Å². The molecule has 1 aromatic carbocycles. The summed E-state index contributed by atoms with van der Waals surface area (Å²) in [7, 11) is 1.52. The lowest BCUT2D eigenvalue weighted by Crippen LogP contribution is -2.22. The number of allylic oxidation sites excluding steroid dienone is 3. The van der Waals surface area contributed by atoms with Gasteiger partial charge in [0.15, 0.2) is 0 Å². The zero-order valence-corrected chi connectivity index (χ0v) is 22.3. The van der Waals surface area contributed by atoms with Crippen LogP contribution >= 0.6 is 0 Å². The fourth-order valence-electron chi connectivity index (χ4n) is 3.21. The van der Waals surface area contributed by atoms with Gasteiger partial charge in [-0.1, -0.05) is 43.9 Å². The highest BCUT2D eigenvalue weighted by atomic mass is 19.4. The minimum Gasteiger partial charge on any atom is -0.467 e. The molecule has 0 radical (unpaired) electrons. The summed E-state index contributed by atoms with van der Waals surface area (Å²) in [6.45, 7) is 9.39. The second kappa shape index (κ2) is 16.9. The lowest BCUT2D eigenvalue weighted by atomic mass is 10.1. The van der Waals surface area contributed by atoms with Crippen LogP contribution in [0.5, 0.6) is 6.01 Å². The normalized spacial score (nSPS) is 11.8. The number of carbonyl (C=O) groups is 1. The highest BCUT2D eigenvalue weighted by molar-refractivity contribution is 5.72. The molecule has 0 bridgehead atoms. The van der Waals surface area contributed by atoms with Crippen molar-refractivity contribution in [2.75, 3.05) is 25.5 Å². The molecule has 2 aromatic rings. The Morgan fingerprint density at radius 2 is 1.92 bits per heavy atom. The zero-order valence-electron chi connectivity index (χ0n) is 22.3. The monoisotopic (exact) mass is 536 g/mol. The minimum absolute atomic E-state index is 0.0405. The van der Waals surface area contributed by atoms with E-state index in [2.05, 4.69) is 27.2 Å². The maximum absolute atomic E-state index is 12.7. The fraction of sp³-hybridized carbons (Fsp3) is 0.393. The van der Waals surface area contributed by atoms with Gasteiger partial charge in [-0.3, -0.25) is 4.79 Å². The average Bonchev–Trinajstić information content (AvgIpc) is 2.89. The number of hydrogen-bond donors (Lipinski definition) is 2. The molecular formula is C28H36F4N4O2. The van der Waals surface area contributed by atoms with Gasteiger partial charge in [0.25, 0.3) is 0 Å². The Balaban J connectivity index is 0.000000612. The summed E-state index contributed by atoms with van der Waals surface area (Å²) in [5, 5.41) is 6.00. The Kier molecular flexibility index (Phi) is 14.4. The highest BCUT2D eigenvalue weighted by Crippen LogP contribution is 2.25. The van der Waals surface area contributed by atoms with Gasteiger partial charge in [0.05, 0.1) is 25.6 Å². The second-order valence-corrected chi connectivity index (χ2v) is 8.22. The van der Waals surface area contributed by atoms with E-state index in [-0.39, 0.29) is 17.5 Å². The summed E-state index contributed by atoms with van der Waals surface area (Å²) in [4.78, 5) is 19.8. The molecule has 0 atom stereocenters. The van der Waals surface area contributed by atoms with Crippen molar-refractivity contribution in [2.45, 2.75) is 52.6 Å². The van der Waals surface area contributed by atoms with Gasteiger partial charge in [-0.05, 0) is 49.0 Å². The van der Waals surface area contributed by atoms with E-state index in [4.69, 9.17) is 4.74 Å². The van der Waals surface area contributed by atoms with Crippen LogP contribution in [0.4, 0.5) is 23.4 Å². The predicted octanol–water partition coefficient (Wildman–Crippen LogP) is 6.97. The van der Waals surface area contributed by atoms with Crippen molar-refractivity contribution in [2.24, 2.45) is 0 Å². The summed E-state index contributed by atoms with van der Waals surface area (Å²) in [5.41, 5.74) is 3.72. The van der Waals surface area contributed by atoms with Gasteiger partial charge < -0.3 is 15.4 Å². The molecule has 0 saturated heterocycles. The lowest BCUT2D eigenvalue weighted by Gasteiger charge is -2.11. The van der Waals surface area contributed by atoms with Crippen LogP contribution in [0.3, 0.4) is 0 Å². The molecule has 0 spiro atoms. The number of benzene rings is 1. The van der Waals surface area contributed by atoms with Crippen LogP contribution in [-0.4, -0.2) is 42.3 Å². The third-order valence-corrected chi connectivity index (χ3v) is 5.30. The number of anilines is 1. The number of carbonyl (C=O) groups excluding carboxylic acids is 1. The summed E-state index contributed by atoms with van der Waals surface area (Å²) in [5.74, 6) is 0.584. The Morgan fingerprint density at radius 3 is 2.45 bits per heavy atom.